The molecule has 0 radical (unpaired) electrons. The molecular formula is C11H20ClNO. The topological polar surface area (TPSA) is 29.1 Å². The number of rotatable bonds is 1. The Morgan fingerprint density at radius 1 is 1.43 bits per heavy atom. The van der Waals surface area contributed by atoms with Gasteiger partial charge in [0.05, 0.1) is 5.50 Å². The zero-order valence-electron chi connectivity index (χ0n) is 9.43. The Hall–Kier alpha value is -0.0800. The lowest BCUT2D eigenvalue weighted by molar-refractivity contribution is -0.131. The quantitative estimate of drug-likeness (QED) is 0.540. The maximum Gasteiger partial charge on any atom is 0.144 e. The Kier molecular flexibility index (Phi) is 3.59. The van der Waals surface area contributed by atoms with E-state index in [1.165, 1.54) is 0 Å². The lowest BCUT2D eigenvalue weighted by atomic mass is 9.78. The molecule has 0 saturated carbocycles. The van der Waals surface area contributed by atoms with Gasteiger partial charge >= 0.3 is 0 Å². The van der Waals surface area contributed by atoms with Crippen LogP contribution in [-0.2, 0) is 4.79 Å². The molecule has 14 heavy (non-hydrogen) atoms. The van der Waals surface area contributed by atoms with E-state index in [0.717, 1.165) is 13.0 Å². The van der Waals surface area contributed by atoms with Gasteiger partial charge in [0, 0.05) is 11.3 Å². The van der Waals surface area contributed by atoms with Gasteiger partial charge < -0.3 is 5.32 Å². The van der Waals surface area contributed by atoms with Gasteiger partial charge in [-0.05, 0) is 18.9 Å². The molecule has 1 aliphatic heterocycles. The van der Waals surface area contributed by atoms with Gasteiger partial charge in [0.2, 0.25) is 0 Å². The number of Topliss-reactive ketones (excluding diaryl/α,β-unsaturated/α-hetero) is 1. The Morgan fingerprint density at radius 3 is 2.50 bits per heavy atom. The van der Waals surface area contributed by atoms with Crippen LogP contribution in [0.5, 0.6) is 0 Å². The van der Waals surface area contributed by atoms with Crippen LogP contribution in [0.3, 0.4) is 0 Å². The van der Waals surface area contributed by atoms with E-state index in [9.17, 15) is 4.79 Å². The average Bonchev–Trinajstić information content (AvgIpc) is 2.06. The van der Waals surface area contributed by atoms with E-state index in [2.05, 4.69) is 12.2 Å². The second-order valence-corrected chi connectivity index (χ2v) is 5.84. The van der Waals surface area contributed by atoms with Gasteiger partial charge in [-0.2, -0.15) is 0 Å². The van der Waals surface area contributed by atoms with Gasteiger partial charge in [-0.3, -0.25) is 4.79 Å². The summed E-state index contributed by atoms with van der Waals surface area (Å²) in [4.78, 5) is 12.1. The summed E-state index contributed by atoms with van der Waals surface area (Å²) >= 11 is 6.12. The number of carbonyl (C=O) groups is 1. The van der Waals surface area contributed by atoms with E-state index < -0.39 is 0 Å². The van der Waals surface area contributed by atoms with Crippen molar-refractivity contribution in [3.05, 3.63) is 0 Å². The average molecular weight is 218 g/mol. The Bertz CT molecular complexity index is 222. The monoisotopic (exact) mass is 217 g/mol. The summed E-state index contributed by atoms with van der Waals surface area (Å²) in [5.74, 6) is 0.790. The first-order valence-corrected chi connectivity index (χ1v) is 5.68. The van der Waals surface area contributed by atoms with E-state index in [0.29, 0.717) is 5.92 Å². The van der Waals surface area contributed by atoms with Crippen LogP contribution >= 0.6 is 11.6 Å². The smallest absolute Gasteiger partial charge is 0.144 e. The fraction of sp³-hybridized carbons (Fsp3) is 0.909. The maximum absolute atomic E-state index is 12.1. The van der Waals surface area contributed by atoms with E-state index in [4.69, 9.17) is 11.6 Å². The van der Waals surface area contributed by atoms with Crippen molar-refractivity contribution in [3.8, 4) is 0 Å². The van der Waals surface area contributed by atoms with Crippen molar-refractivity contribution in [1.82, 2.24) is 5.32 Å². The third kappa shape index (κ3) is 2.71. The Labute approximate surface area is 91.4 Å². The fourth-order valence-corrected chi connectivity index (χ4v) is 2.19. The lowest BCUT2D eigenvalue weighted by Gasteiger charge is -2.34. The standard InChI is InChI=1S/C11H20ClNO/c1-7-5-8(10(12)13-6-7)9(14)11(2,3)4/h7-8,10,13H,5-6H2,1-4H3. The molecule has 1 rings (SSSR count). The number of alkyl halides is 1. The number of hydrogen-bond acceptors (Lipinski definition) is 2. The first kappa shape index (κ1) is 12.0. The third-order valence-corrected chi connectivity index (χ3v) is 3.21. The number of carbonyl (C=O) groups excluding carboxylic acids is 1. The molecular weight excluding hydrogens is 198 g/mol. The summed E-state index contributed by atoms with van der Waals surface area (Å²) < 4.78 is 0. The largest absolute Gasteiger partial charge is 0.300 e. The minimum Gasteiger partial charge on any atom is -0.300 e. The molecule has 1 fully saturated rings. The van der Waals surface area contributed by atoms with Crippen LogP contribution in [0.4, 0.5) is 0 Å². The highest BCUT2D eigenvalue weighted by Crippen LogP contribution is 2.30. The molecule has 1 N–H and O–H groups in total. The van der Waals surface area contributed by atoms with Gasteiger partial charge in [0.15, 0.2) is 0 Å². The lowest BCUT2D eigenvalue weighted by Crippen LogP contribution is -2.47. The summed E-state index contributed by atoms with van der Waals surface area (Å²) in [7, 11) is 0. The molecule has 0 aromatic carbocycles. The normalized spacial score (nSPS) is 34.2. The first-order valence-electron chi connectivity index (χ1n) is 5.24. The summed E-state index contributed by atoms with van der Waals surface area (Å²) in [5, 5.41) is 3.18. The predicted octanol–water partition coefficient (Wildman–Crippen LogP) is 2.41. The van der Waals surface area contributed by atoms with Gasteiger partial charge in [-0.15, -0.1) is 11.6 Å². The van der Waals surface area contributed by atoms with Gasteiger partial charge in [-0.25, -0.2) is 0 Å². The molecule has 0 spiro atoms. The molecule has 3 heteroatoms. The highest BCUT2D eigenvalue weighted by atomic mass is 35.5. The summed E-state index contributed by atoms with van der Waals surface area (Å²) in [5.41, 5.74) is -0.464. The number of hydrogen-bond donors (Lipinski definition) is 1. The summed E-state index contributed by atoms with van der Waals surface area (Å²) in [6.07, 6.45) is 0.914. The summed E-state index contributed by atoms with van der Waals surface area (Å²) in [6.45, 7) is 8.94. The molecule has 0 aromatic rings. The molecule has 1 aliphatic rings. The number of ketones is 1. The second kappa shape index (κ2) is 4.19. The van der Waals surface area contributed by atoms with Crippen LogP contribution < -0.4 is 5.32 Å². The molecule has 0 bridgehead atoms. The zero-order valence-corrected chi connectivity index (χ0v) is 10.2. The number of halogens is 1. The molecule has 3 unspecified atom stereocenters. The van der Waals surface area contributed by atoms with Crippen molar-refractivity contribution in [2.45, 2.75) is 39.6 Å². The Morgan fingerprint density at radius 2 is 2.00 bits per heavy atom. The first-order chi connectivity index (χ1) is 6.32. The molecule has 0 amide bonds. The van der Waals surface area contributed by atoms with Crippen LogP contribution in [-0.4, -0.2) is 17.8 Å². The molecule has 1 heterocycles. The van der Waals surface area contributed by atoms with E-state index in [1.807, 2.05) is 20.8 Å². The van der Waals surface area contributed by atoms with Crippen LogP contribution in [0.1, 0.15) is 34.1 Å². The maximum atomic E-state index is 12.1. The molecule has 2 nitrogen and oxygen atoms in total. The Balaban J connectivity index is 2.70. The number of nitrogens with one attached hydrogen (secondary N) is 1. The zero-order chi connectivity index (χ0) is 10.9. The second-order valence-electron chi connectivity index (χ2n) is 5.37. The molecule has 82 valence electrons. The third-order valence-electron chi connectivity index (χ3n) is 2.75. The van der Waals surface area contributed by atoms with Crippen LogP contribution in [0.2, 0.25) is 0 Å². The van der Waals surface area contributed by atoms with Crippen molar-refractivity contribution in [3.63, 3.8) is 0 Å². The van der Waals surface area contributed by atoms with Crippen LogP contribution in [0, 0.1) is 17.3 Å². The molecule has 3 atom stereocenters. The minimum absolute atomic E-state index is 0.0274. The van der Waals surface area contributed by atoms with Gasteiger partial charge in [0.25, 0.3) is 0 Å². The van der Waals surface area contributed by atoms with E-state index in [1.54, 1.807) is 0 Å². The fourth-order valence-electron chi connectivity index (χ4n) is 1.89. The van der Waals surface area contributed by atoms with Gasteiger partial charge in [0.1, 0.15) is 5.78 Å². The van der Waals surface area contributed by atoms with Crippen molar-refractivity contribution >= 4 is 17.4 Å². The molecule has 0 aromatic heterocycles. The highest BCUT2D eigenvalue weighted by molar-refractivity contribution is 6.22. The predicted molar refractivity (Wildman–Crippen MR) is 59.4 cm³/mol. The minimum atomic E-state index is -0.281. The van der Waals surface area contributed by atoms with Gasteiger partial charge in [-0.1, -0.05) is 27.7 Å². The van der Waals surface area contributed by atoms with Crippen molar-refractivity contribution in [1.29, 1.82) is 0 Å². The van der Waals surface area contributed by atoms with Crippen molar-refractivity contribution in [2.75, 3.05) is 6.54 Å². The number of piperidine rings is 1. The van der Waals surface area contributed by atoms with Crippen molar-refractivity contribution < 1.29 is 4.79 Å². The molecule has 0 aliphatic carbocycles. The summed E-state index contributed by atoms with van der Waals surface area (Å²) in [6, 6.07) is 0. The highest BCUT2D eigenvalue weighted by Gasteiger charge is 2.37. The van der Waals surface area contributed by atoms with Crippen molar-refractivity contribution in [2.24, 2.45) is 17.3 Å². The molecule has 1 saturated heterocycles. The van der Waals surface area contributed by atoms with E-state index >= 15 is 0 Å². The van der Waals surface area contributed by atoms with Crippen LogP contribution in [0.15, 0.2) is 0 Å². The van der Waals surface area contributed by atoms with E-state index in [-0.39, 0.29) is 22.6 Å². The van der Waals surface area contributed by atoms with Crippen LogP contribution in [0.25, 0.3) is 0 Å². The SMILES string of the molecule is CC1CNC(Cl)C(C(=O)C(C)(C)C)C1.